The second kappa shape index (κ2) is 17.8. The van der Waals surface area contributed by atoms with Gasteiger partial charge >= 0.3 is 11.9 Å². The van der Waals surface area contributed by atoms with Crippen LogP contribution in [0, 0.1) is 11.8 Å². The Morgan fingerprint density at radius 1 is 0.741 bits per heavy atom. The van der Waals surface area contributed by atoms with Gasteiger partial charge in [-0.05, 0) is 47.3 Å². The number of carbonyl (C=O) groups is 2. The Kier molecular flexibility index (Phi) is 12.3. The molecule has 12 nitrogen and oxygen atoms in total. The maximum Gasteiger partial charge on any atom is 0.338 e. The van der Waals surface area contributed by atoms with Gasteiger partial charge in [0.25, 0.3) is 0 Å². The Bertz CT molecular complexity index is 1860. The largest absolute Gasteiger partial charge is 0.459 e. The first-order valence-corrected chi connectivity index (χ1v) is 18.2. The zero-order valence-electron chi connectivity index (χ0n) is 29.9. The molecule has 0 amide bonds. The Labute approximate surface area is 313 Å². The van der Waals surface area contributed by atoms with Crippen LogP contribution in [-0.2, 0) is 46.4 Å². The molecule has 1 aliphatic carbocycles. The second-order valence-electron chi connectivity index (χ2n) is 13.8. The number of hydrogen-bond acceptors (Lipinski definition) is 10. The van der Waals surface area contributed by atoms with Crippen molar-refractivity contribution in [3.05, 3.63) is 154 Å². The molecule has 3 aliphatic rings. The molecule has 7 rings (SSSR count). The summed E-state index contributed by atoms with van der Waals surface area (Å²) in [5.74, 6) is -1.55. The summed E-state index contributed by atoms with van der Waals surface area (Å²) in [6.07, 6.45) is -4.71. The fourth-order valence-electron chi connectivity index (χ4n) is 7.38. The summed E-state index contributed by atoms with van der Waals surface area (Å²) in [7, 11) is 0. The average Bonchev–Trinajstić information content (AvgIpc) is 3.66. The Hall–Kier alpha value is -5.07. The van der Waals surface area contributed by atoms with E-state index in [0.29, 0.717) is 24.2 Å². The number of ether oxygens (including phenoxy) is 7. The lowest BCUT2D eigenvalue weighted by Crippen LogP contribution is -2.60. The Balaban J connectivity index is 1.18. The number of benzene rings is 4. The predicted octanol–water partition coefficient (Wildman–Crippen LogP) is 7.08. The molecule has 280 valence electrons. The summed E-state index contributed by atoms with van der Waals surface area (Å²) in [5.41, 5.74) is 12.5. The molecule has 0 spiro atoms. The van der Waals surface area contributed by atoms with Crippen molar-refractivity contribution in [1.29, 1.82) is 0 Å². The van der Waals surface area contributed by atoms with Crippen LogP contribution < -0.4 is 0 Å². The van der Waals surface area contributed by atoms with E-state index in [9.17, 15) is 15.1 Å². The van der Waals surface area contributed by atoms with E-state index in [0.717, 1.165) is 11.1 Å². The monoisotopic (exact) mass is 733 g/mol. The number of carbonyl (C=O) groups excluding carboxylic acids is 2. The molecule has 54 heavy (non-hydrogen) atoms. The molecule has 0 aromatic heterocycles. The SMILES string of the molecule is CC1C(COC(=O)c2ccccc2)OC(OC2C3COC(C3)[C@H](OC(=O)c3ccccc3)[C@H]2OCc2ccccc2)[C@H](N=[N+]=[N-])[C@H]1OCc1ccccc1. The maximum absolute atomic E-state index is 13.5. The van der Waals surface area contributed by atoms with Crippen molar-refractivity contribution >= 4 is 11.9 Å². The molecule has 4 aromatic carbocycles. The molecule has 2 saturated heterocycles. The van der Waals surface area contributed by atoms with Crippen molar-refractivity contribution in [3.63, 3.8) is 0 Å². The highest BCUT2D eigenvalue weighted by molar-refractivity contribution is 5.89. The highest BCUT2D eigenvalue weighted by Crippen LogP contribution is 2.42. The lowest BCUT2D eigenvalue weighted by molar-refractivity contribution is -0.295. The number of hydrogen-bond donors (Lipinski definition) is 0. The molecule has 4 aromatic rings. The topological polar surface area (TPSA) is 148 Å². The van der Waals surface area contributed by atoms with Gasteiger partial charge in [-0.25, -0.2) is 9.59 Å². The number of rotatable bonds is 14. The minimum Gasteiger partial charge on any atom is -0.459 e. The number of fused-ring (bicyclic) bond motifs is 2. The van der Waals surface area contributed by atoms with E-state index in [1.165, 1.54) is 0 Å². The van der Waals surface area contributed by atoms with E-state index >= 15 is 0 Å². The molecule has 3 fully saturated rings. The van der Waals surface area contributed by atoms with Crippen molar-refractivity contribution in [2.75, 3.05) is 13.2 Å². The average molecular weight is 734 g/mol. The molecule has 2 heterocycles. The summed E-state index contributed by atoms with van der Waals surface area (Å²) < 4.78 is 44.8. The van der Waals surface area contributed by atoms with Crippen LogP contribution in [0.25, 0.3) is 10.4 Å². The molecule has 10 atom stereocenters. The number of esters is 2. The van der Waals surface area contributed by atoms with E-state index in [4.69, 9.17) is 33.2 Å². The highest BCUT2D eigenvalue weighted by atomic mass is 16.7. The Morgan fingerprint density at radius 3 is 1.89 bits per heavy atom. The van der Waals surface area contributed by atoms with Gasteiger partial charge in [0.05, 0.1) is 55.4 Å². The molecule has 1 saturated carbocycles. The zero-order chi connectivity index (χ0) is 37.3. The molecule has 0 N–H and O–H groups in total. The zero-order valence-corrected chi connectivity index (χ0v) is 29.9. The quantitative estimate of drug-likeness (QED) is 0.0574. The van der Waals surface area contributed by atoms with Crippen LogP contribution in [0.3, 0.4) is 0 Å². The second-order valence-corrected chi connectivity index (χ2v) is 13.8. The molecule has 6 unspecified atom stereocenters. The van der Waals surface area contributed by atoms with Crippen molar-refractivity contribution in [2.24, 2.45) is 17.0 Å². The smallest absolute Gasteiger partial charge is 0.338 e. The first-order valence-electron chi connectivity index (χ1n) is 18.2. The normalized spacial score (nSPS) is 28.8. The molecule has 2 aliphatic heterocycles. The molecular formula is C42H43N3O9. The molecular weight excluding hydrogens is 690 g/mol. The number of azide groups is 1. The minimum absolute atomic E-state index is 0.104. The van der Waals surface area contributed by atoms with Crippen LogP contribution in [0.2, 0.25) is 0 Å². The van der Waals surface area contributed by atoms with E-state index in [1.807, 2.05) is 79.7 Å². The van der Waals surface area contributed by atoms with Gasteiger partial charge in [-0.3, -0.25) is 0 Å². The lowest BCUT2D eigenvalue weighted by Gasteiger charge is -2.47. The summed E-state index contributed by atoms with van der Waals surface area (Å²) in [4.78, 5) is 29.7. The van der Waals surface area contributed by atoms with E-state index < -0.39 is 60.9 Å². The van der Waals surface area contributed by atoms with Gasteiger partial charge in [-0.2, -0.15) is 0 Å². The summed E-state index contributed by atoms with van der Waals surface area (Å²) in [6.45, 7) is 2.59. The van der Waals surface area contributed by atoms with Crippen molar-refractivity contribution in [3.8, 4) is 0 Å². The highest BCUT2D eigenvalue weighted by Gasteiger charge is 2.55. The lowest BCUT2D eigenvalue weighted by atomic mass is 9.82. The van der Waals surface area contributed by atoms with Crippen molar-refractivity contribution in [1.82, 2.24) is 0 Å². The molecule has 12 heteroatoms. The van der Waals surface area contributed by atoms with Crippen LogP contribution in [0.4, 0.5) is 0 Å². The first kappa shape index (κ1) is 37.3. The summed E-state index contributed by atoms with van der Waals surface area (Å²) >= 11 is 0. The van der Waals surface area contributed by atoms with Crippen molar-refractivity contribution in [2.45, 2.75) is 75.5 Å². The number of nitrogens with zero attached hydrogens (tertiary/aromatic N) is 3. The third-order valence-electron chi connectivity index (χ3n) is 10.3. The van der Waals surface area contributed by atoms with E-state index in [1.54, 1.807) is 48.5 Å². The van der Waals surface area contributed by atoms with Gasteiger partial charge < -0.3 is 33.2 Å². The van der Waals surface area contributed by atoms with Gasteiger partial charge in [0, 0.05) is 16.7 Å². The fraction of sp³-hybridized carbons (Fsp3) is 0.381. The summed E-state index contributed by atoms with van der Waals surface area (Å²) in [5, 5.41) is 4.18. The van der Waals surface area contributed by atoms with E-state index in [2.05, 4.69) is 10.0 Å². The predicted molar refractivity (Wildman–Crippen MR) is 196 cm³/mol. The van der Waals surface area contributed by atoms with Gasteiger partial charge in [-0.15, -0.1) is 0 Å². The van der Waals surface area contributed by atoms with Crippen LogP contribution in [0.1, 0.15) is 45.2 Å². The molecule has 0 radical (unpaired) electrons. The fourth-order valence-corrected chi connectivity index (χ4v) is 7.38. The summed E-state index contributed by atoms with van der Waals surface area (Å²) in [6, 6.07) is 35.9. The standard InChI is InChI=1S/C42H43N3O9/c1-27-34(26-51-40(46)30-18-10-4-11-19-30)52-42(35(44-45-43)36(27)49-23-28-14-6-2-7-15-28)54-37-32-22-33(48-25-32)38(53-41(47)31-20-12-5-13-21-31)39(37)50-24-29-16-8-3-9-17-29/h2-21,27,32-39,42H,22-26H2,1H3/t27?,32?,33?,34?,35-,36+,37?,38+,39+,42?/m1/s1. The maximum atomic E-state index is 13.5. The van der Waals surface area contributed by atoms with E-state index in [-0.39, 0.29) is 31.7 Å². The van der Waals surface area contributed by atoms with Gasteiger partial charge in [0.2, 0.25) is 0 Å². The van der Waals surface area contributed by atoms with Gasteiger partial charge in [0.15, 0.2) is 12.4 Å². The first-order chi connectivity index (χ1) is 26.5. The van der Waals surface area contributed by atoms with Crippen LogP contribution in [0.15, 0.2) is 126 Å². The third-order valence-corrected chi connectivity index (χ3v) is 10.3. The van der Waals surface area contributed by atoms with Crippen LogP contribution in [0.5, 0.6) is 0 Å². The minimum atomic E-state index is -1.14. The molecule has 2 bridgehead atoms. The van der Waals surface area contributed by atoms with Crippen LogP contribution in [-0.4, -0.2) is 74.1 Å². The van der Waals surface area contributed by atoms with Crippen molar-refractivity contribution < 1.29 is 42.7 Å². The van der Waals surface area contributed by atoms with Gasteiger partial charge in [-0.1, -0.05) is 109 Å². The third kappa shape index (κ3) is 8.82. The van der Waals surface area contributed by atoms with Gasteiger partial charge in [0.1, 0.15) is 18.8 Å². The van der Waals surface area contributed by atoms with Crippen LogP contribution >= 0.6 is 0 Å². The Morgan fingerprint density at radius 2 is 1.30 bits per heavy atom.